The Hall–Kier alpha value is -3.23. The van der Waals surface area contributed by atoms with Gasteiger partial charge in [0.05, 0.1) is 13.7 Å². The van der Waals surface area contributed by atoms with Crippen molar-refractivity contribution in [3.8, 4) is 11.8 Å². The fourth-order valence-electron chi connectivity index (χ4n) is 3.45. The molecule has 0 saturated carbocycles. The van der Waals surface area contributed by atoms with Crippen molar-refractivity contribution in [2.24, 2.45) is 5.41 Å². The van der Waals surface area contributed by atoms with Gasteiger partial charge in [0.1, 0.15) is 11.4 Å². The second kappa shape index (κ2) is 9.93. The van der Waals surface area contributed by atoms with E-state index in [-0.39, 0.29) is 23.4 Å². The smallest absolute Gasteiger partial charge is 0.320 e. The number of nitrogens with zero attached hydrogens (tertiary/aromatic N) is 3. The standard InChI is InChI=1S/C23H34N6O3/c1-15(30)26-17-10-11-29(13-17)21-19(24)20(27-22(28-21)32-14-23(2,3)4)25-12-16-6-8-18(31-5)9-7-16/h6-9,17H,10-14,24H2,1-5H3,(H,26,30)(H,25,27,28)/t17-/m0/s1. The summed E-state index contributed by atoms with van der Waals surface area (Å²) in [6, 6.07) is 8.14. The van der Waals surface area contributed by atoms with E-state index < -0.39 is 0 Å². The number of benzene rings is 1. The molecule has 2 aromatic rings. The Balaban J connectivity index is 1.82. The number of nitrogens with one attached hydrogen (secondary N) is 2. The van der Waals surface area contributed by atoms with Crippen molar-refractivity contribution < 1.29 is 14.3 Å². The molecule has 0 aliphatic carbocycles. The number of ether oxygens (including phenoxy) is 2. The van der Waals surface area contributed by atoms with Gasteiger partial charge in [0.15, 0.2) is 11.6 Å². The molecular weight excluding hydrogens is 408 g/mol. The summed E-state index contributed by atoms with van der Waals surface area (Å²) in [7, 11) is 1.64. The van der Waals surface area contributed by atoms with Crippen molar-refractivity contribution in [3.63, 3.8) is 0 Å². The summed E-state index contributed by atoms with van der Waals surface area (Å²) in [6.07, 6.45) is 0.829. The summed E-state index contributed by atoms with van der Waals surface area (Å²) >= 11 is 0. The largest absolute Gasteiger partial charge is 0.497 e. The van der Waals surface area contributed by atoms with Crippen LogP contribution in [0.25, 0.3) is 0 Å². The van der Waals surface area contributed by atoms with Gasteiger partial charge in [-0.25, -0.2) is 0 Å². The van der Waals surface area contributed by atoms with E-state index in [4.69, 9.17) is 15.2 Å². The second-order valence-corrected chi connectivity index (χ2v) is 9.28. The molecule has 0 radical (unpaired) electrons. The summed E-state index contributed by atoms with van der Waals surface area (Å²) in [6.45, 7) is 10.2. The highest BCUT2D eigenvalue weighted by molar-refractivity contribution is 5.77. The number of anilines is 3. The number of methoxy groups -OCH3 is 1. The highest BCUT2D eigenvalue weighted by Crippen LogP contribution is 2.32. The highest BCUT2D eigenvalue weighted by Gasteiger charge is 2.27. The van der Waals surface area contributed by atoms with E-state index in [1.165, 1.54) is 6.92 Å². The van der Waals surface area contributed by atoms with Crippen molar-refractivity contribution in [1.29, 1.82) is 0 Å². The average Bonchev–Trinajstić information content (AvgIpc) is 3.19. The predicted octanol–water partition coefficient (Wildman–Crippen LogP) is 2.82. The lowest BCUT2D eigenvalue weighted by molar-refractivity contribution is -0.119. The van der Waals surface area contributed by atoms with Crippen LogP contribution >= 0.6 is 0 Å². The lowest BCUT2D eigenvalue weighted by Crippen LogP contribution is -2.36. The van der Waals surface area contributed by atoms with Gasteiger partial charge in [-0.15, -0.1) is 0 Å². The fourth-order valence-corrected chi connectivity index (χ4v) is 3.45. The number of rotatable bonds is 8. The van der Waals surface area contributed by atoms with Crippen LogP contribution in [0.4, 0.5) is 17.3 Å². The van der Waals surface area contributed by atoms with Gasteiger partial charge >= 0.3 is 6.01 Å². The summed E-state index contributed by atoms with van der Waals surface area (Å²) in [5.41, 5.74) is 7.97. The molecule has 1 aliphatic heterocycles. The third kappa shape index (κ3) is 6.38. The van der Waals surface area contributed by atoms with E-state index in [9.17, 15) is 4.79 Å². The monoisotopic (exact) mass is 442 g/mol. The minimum Gasteiger partial charge on any atom is -0.497 e. The molecule has 9 nitrogen and oxygen atoms in total. The molecule has 1 atom stereocenters. The van der Waals surface area contributed by atoms with Gasteiger partial charge in [-0.3, -0.25) is 4.79 Å². The van der Waals surface area contributed by atoms with Crippen LogP contribution < -0.4 is 30.7 Å². The Labute approximate surface area is 189 Å². The van der Waals surface area contributed by atoms with E-state index in [0.29, 0.717) is 37.0 Å². The summed E-state index contributed by atoms with van der Waals surface area (Å²) in [5, 5.41) is 6.29. The van der Waals surface area contributed by atoms with Crippen LogP contribution in [-0.4, -0.2) is 48.7 Å². The van der Waals surface area contributed by atoms with E-state index >= 15 is 0 Å². The molecule has 1 aliphatic rings. The molecule has 0 unspecified atom stereocenters. The van der Waals surface area contributed by atoms with Crippen molar-refractivity contribution in [1.82, 2.24) is 15.3 Å². The molecule has 1 amide bonds. The number of carbonyl (C=O) groups is 1. The number of hydrogen-bond acceptors (Lipinski definition) is 8. The van der Waals surface area contributed by atoms with Crippen LogP contribution in [-0.2, 0) is 11.3 Å². The summed E-state index contributed by atoms with van der Waals surface area (Å²) in [4.78, 5) is 22.6. The third-order valence-electron chi connectivity index (χ3n) is 5.05. The topological polar surface area (TPSA) is 115 Å². The minimum absolute atomic E-state index is 0.0360. The van der Waals surface area contributed by atoms with Crippen molar-refractivity contribution in [3.05, 3.63) is 29.8 Å². The third-order valence-corrected chi connectivity index (χ3v) is 5.05. The first-order valence-corrected chi connectivity index (χ1v) is 10.8. The van der Waals surface area contributed by atoms with Gasteiger partial charge in [0.2, 0.25) is 5.91 Å². The lowest BCUT2D eigenvalue weighted by Gasteiger charge is -2.23. The van der Waals surface area contributed by atoms with Gasteiger partial charge in [-0.05, 0) is 29.5 Å². The Morgan fingerprint density at radius 3 is 2.59 bits per heavy atom. The van der Waals surface area contributed by atoms with Crippen LogP contribution in [0, 0.1) is 5.41 Å². The maximum atomic E-state index is 11.4. The molecule has 32 heavy (non-hydrogen) atoms. The first-order valence-electron chi connectivity index (χ1n) is 10.8. The Morgan fingerprint density at radius 2 is 1.97 bits per heavy atom. The zero-order chi connectivity index (χ0) is 23.3. The van der Waals surface area contributed by atoms with E-state index in [2.05, 4.69) is 46.3 Å². The molecule has 1 aromatic carbocycles. The SMILES string of the molecule is COc1ccc(CNc2nc(OCC(C)(C)C)nc(N3CC[C@H](NC(C)=O)C3)c2N)cc1. The second-order valence-electron chi connectivity index (χ2n) is 9.28. The average molecular weight is 443 g/mol. The number of nitrogen functional groups attached to an aromatic ring is 1. The molecule has 9 heteroatoms. The van der Waals surface area contributed by atoms with E-state index in [0.717, 1.165) is 24.3 Å². The number of aromatic nitrogens is 2. The van der Waals surface area contributed by atoms with Crippen molar-refractivity contribution in [2.75, 3.05) is 42.8 Å². The first-order chi connectivity index (χ1) is 15.1. The maximum Gasteiger partial charge on any atom is 0.320 e. The molecule has 4 N–H and O–H groups in total. The molecule has 1 fully saturated rings. The quantitative estimate of drug-likeness (QED) is 0.572. The molecule has 0 spiro atoms. The number of amides is 1. The molecule has 0 bridgehead atoms. The summed E-state index contributed by atoms with van der Waals surface area (Å²) < 4.78 is 11.1. The molecular formula is C23H34N6O3. The van der Waals surface area contributed by atoms with Crippen LogP contribution in [0.3, 0.4) is 0 Å². The molecule has 2 heterocycles. The lowest BCUT2D eigenvalue weighted by atomic mass is 9.99. The van der Waals surface area contributed by atoms with Crippen LogP contribution in [0.5, 0.6) is 11.8 Å². The van der Waals surface area contributed by atoms with Gasteiger partial charge in [0.25, 0.3) is 0 Å². The van der Waals surface area contributed by atoms with E-state index in [1.807, 2.05) is 24.3 Å². The van der Waals surface area contributed by atoms with Crippen molar-refractivity contribution >= 4 is 23.2 Å². The first kappa shape index (κ1) is 23.4. The predicted molar refractivity (Wildman–Crippen MR) is 126 cm³/mol. The molecule has 1 aromatic heterocycles. The van der Waals surface area contributed by atoms with Gasteiger partial charge < -0.3 is 30.7 Å². The number of hydrogen-bond donors (Lipinski definition) is 3. The fraction of sp³-hybridized carbons (Fsp3) is 0.522. The van der Waals surface area contributed by atoms with Crippen molar-refractivity contribution in [2.45, 2.75) is 46.7 Å². The molecule has 1 saturated heterocycles. The van der Waals surface area contributed by atoms with Gasteiger partial charge in [-0.1, -0.05) is 32.9 Å². The molecule has 3 rings (SSSR count). The Kier molecular flexibility index (Phi) is 7.27. The Bertz CT molecular complexity index is 927. The van der Waals surface area contributed by atoms with Gasteiger partial charge in [0, 0.05) is 32.6 Å². The Morgan fingerprint density at radius 1 is 1.25 bits per heavy atom. The highest BCUT2D eigenvalue weighted by atomic mass is 16.5. The van der Waals surface area contributed by atoms with Crippen LogP contribution in [0.15, 0.2) is 24.3 Å². The van der Waals surface area contributed by atoms with Crippen LogP contribution in [0.1, 0.15) is 39.7 Å². The number of carbonyl (C=O) groups excluding carboxylic acids is 1. The van der Waals surface area contributed by atoms with E-state index in [1.54, 1.807) is 7.11 Å². The zero-order valence-electron chi connectivity index (χ0n) is 19.6. The van der Waals surface area contributed by atoms with Gasteiger partial charge in [-0.2, -0.15) is 9.97 Å². The minimum atomic E-state index is -0.0384. The normalized spacial score (nSPS) is 16.0. The number of nitrogens with two attached hydrogens (primary N) is 1. The van der Waals surface area contributed by atoms with Crippen LogP contribution in [0.2, 0.25) is 0 Å². The maximum absolute atomic E-state index is 11.4. The molecule has 174 valence electrons. The summed E-state index contributed by atoms with van der Waals surface area (Å²) in [5.74, 6) is 1.91. The zero-order valence-corrected chi connectivity index (χ0v) is 19.6.